The van der Waals surface area contributed by atoms with E-state index in [0.717, 1.165) is 16.2 Å². The van der Waals surface area contributed by atoms with E-state index in [1.54, 1.807) is 31.9 Å². The SMILES string of the molecule is COc1ccc(SCCC(=O)Nc2ccc(F)cc2C)cc1. The van der Waals surface area contributed by atoms with E-state index in [-0.39, 0.29) is 11.7 Å². The monoisotopic (exact) mass is 319 g/mol. The summed E-state index contributed by atoms with van der Waals surface area (Å²) in [5.41, 5.74) is 1.37. The van der Waals surface area contributed by atoms with Crippen molar-refractivity contribution in [1.29, 1.82) is 0 Å². The molecule has 0 saturated carbocycles. The zero-order valence-electron chi connectivity index (χ0n) is 12.6. The van der Waals surface area contributed by atoms with Crippen LogP contribution >= 0.6 is 11.8 Å². The molecule has 1 N–H and O–H groups in total. The molecule has 0 atom stereocenters. The fourth-order valence-corrected chi connectivity index (χ4v) is 2.77. The molecule has 22 heavy (non-hydrogen) atoms. The van der Waals surface area contributed by atoms with Gasteiger partial charge in [0.1, 0.15) is 11.6 Å². The van der Waals surface area contributed by atoms with Gasteiger partial charge in [0.25, 0.3) is 0 Å². The van der Waals surface area contributed by atoms with Crippen LogP contribution in [0.1, 0.15) is 12.0 Å². The minimum Gasteiger partial charge on any atom is -0.497 e. The largest absolute Gasteiger partial charge is 0.497 e. The van der Waals surface area contributed by atoms with E-state index in [1.165, 1.54) is 12.1 Å². The molecular formula is C17H18FNO2S. The number of halogens is 1. The molecule has 0 radical (unpaired) electrons. The van der Waals surface area contributed by atoms with E-state index >= 15 is 0 Å². The zero-order chi connectivity index (χ0) is 15.9. The van der Waals surface area contributed by atoms with Gasteiger partial charge >= 0.3 is 0 Å². The molecule has 0 aliphatic carbocycles. The predicted molar refractivity (Wildman–Crippen MR) is 88.1 cm³/mol. The number of amides is 1. The molecule has 0 unspecified atom stereocenters. The number of carbonyl (C=O) groups excluding carboxylic acids is 1. The molecule has 0 bridgehead atoms. The van der Waals surface area contributed by atoms with Crippen molar-refractivity contribution < 1.29 is 13.9 Å². The molecule has 116 valence electrons. The summed E-state index contributed by atoms with van der Waals surface area (Å²) in [6, 6.07) is 12.0. The smallest absolute Gasteiger partial charge is 0.225 e. The first-order valence-electron chi connectivity index (χ1n) is 6.91. The van der Waals surface area contributed by atoms with Crippen molar-refractivity contribution in [3.63, 3.8) is 0 Å². The summed E-state index contributed by atoms with van der Waals surface area (Å²) >= 11 is 1.61. The minimum absolute atomic E-state index is 0.0734. The summed E-state index contributed by atoms with van der Waals surface area (Å²) in [5.74, 6) is 1.12. The lowest BCUT2D eigenvalue weighted by Gasteiger charge is -2.08. The number of benzene rings is 2. The third-order valence-corrected chi connectivity index (χ3v) is 4.13. The van der Waals surface area contributed by atoms with Crippen molar-refractivity contribution in [2.24, 2.45) is 0 Å². The molecule has 0 aliphatic heterocycles. The number of aryl methyl sites for hydroxylation is 1. The second-order valence-electron chi connectivity index (χ2n) is 4.78. The molecule has 0 saturated heterocycles. The van der Waals surface area contributed by atoms with Crippen LogP contribution < -0.4 is 10.1 Å². The van der Waals surface area contributed by atoms with Gasteiger partial charge in [0, 0.05) is 22.8 Å². The molecule has 0 spiro atoms. The molecule has 5 heteroatoms. The highest BCUT2D eigenvalue weighted by Gasteiger charge is 2.06. The fraction of sp³-hybridized carbons (Fsp3) is 0.235. The van der Waals surface area contributed by atoms with Gasteiger partial charge < -0.3 is 10.1 Å². The summed E-state index contributed by atoms with van der Waals surface area (Å²) in [6.07, 6.45) is 0.396. The first-order chi connectivity index (χ1) is 10.6. The van der Waals surface area contributed by atoms with Crippen molar-refractivity contribution in [3.05, 3.63) is 53.8 Å². The lowest BCUT2D eigenvalue weighted by molar-refractivity contribution is -0.115. The Labute approximate surface area is 133 Å². The van der Waals surface area contributed by atoms with Crippen LogP contribution in [-0.2, 0) is 4.79 Å². The normalized spacial score (nSPS) is 10.3. The number of thioether (sulfide) groups is 1. The van der Waals surface area contributed by atoms with Crippen molar-refractivity contribution >= 4 is 23.4 Å². The van der Waals surface area contributed by atoms with Crippen LogP contribution in [0.3, 0.4) is 0 Å². The van der Waals surface area contributed by atoms with E-state index in [9.17, 15) is 9.18 Å². The van der Waals surface area contributed by atoms with Gasteiger partial charge in [-0.2, -0.15) is 0 Å². The number of nitrogens with one attached hydrogen (secondary N) is 1. The quantitative estimate of drug-likeness (QED) is 0.808. The third-order valence-electron chi connectivity index (χ3n) is 3.12. The van der Waals surface area contributed by atoms with Crippen LogP contribution in [-0.4, -0.2) is 18.8 Å². The highest BCUT2D eigenvalue weighted by Crippen LogP contribution is 2.22. The average molecular weight is 319 g/mol. The number of anilines is 1. The van der Waals surface area contributed by atoms with E-state index < -0.39 is 0 Å². The topological polar surface area (TPSA) is 38.3 Å². The second kappa shape index (κ2) is 7.84. The Morgan fingerprint density at radius 2 is 1.95 bits per heavy atom. The average Bonchev–Trinajstić information content (AvgIpc) is 2.51. The van der Waals surface area contributed by atoms with Gasteiger partial charge in [-0.1, -0.05) is 0 Å². The third kappa shape index (κ3) is 4.77. The molecule has 0 heterocycles. The fourth-order valence-electron chi connectivity index (χ4n) is 1.91. The summed E-state index contributed by atoms with van der Waals surface area (Å²) in [4.78, 5) is 13.0. The maximum atomic E-state index is 13.0. The van der Waals surface area contributed by atoms with Gasteiger partial charge in [0.05, 0.1) is 7.11 Å². The number of ether oxygens (including phenoxy) is 1. The number of carbonyl (C=O) groups is 1. The number of rotatable bonds is 6. The summed E-state index contributed by atoms with van der Waals surface area (Å²) < 4.78 is 18.1. The maximum Gasteiger partial charge on any atom is 0.225 e. The van der Waals surface area contributed by atoms with Crippen LogP contribution in [0.15, 0.2) is 47.4 Å². The van der Waals surface area contributed by atoms with Crippen LogP contribution in [0, 0.1) is 12.7 Å². The van der Waals surface area contributed by atoms with E-state index in [1.807, 2.05) is 24.3 Å². The van der Waals surface area contributed by atoms with E-state index in [4.69, 9.17) is 4.74 Å². The number of methoxy groups -OCH3 is 1. The molecule has 2 rings (SSSR count). The first-order valence-corrected chi connectivity index (χ1v) is 7.90. The standard InChI is InChI=1S/C17H18FNO2S/c1-12-11-13(18)3-8-16(12)19-17(20)9-10-22-15-6-4-14(21-2)5-7-15/h3-8,11H,9-10H2,1-2H3,(H,19,20). The summed E-state index contributed by atoms with van der Waals surface area (Å²) in [6.45, 7) is 1.77. The van der Waals surface area contributed by atoms with Crippen LogP contribution in [0.4, 0.5) is 10.1 Å². The van der Waals surface area contributed by atoms with Gasteiger partial charge in [0.2, 0.25) is 5.91 Å². The predicted octanol–water partition coefficient (Wildman–Crippen LogP) is 4.26. The minimum atomic E-state index is -0.300. The molecule has 3 nitrogen and oxygen atoms in total. The van der Waals surface area contributed by atoms with Crippen LogP contribution in [0.2, 0.25) is 0 Å². The van der Waals surface area contributed by atoms with Gasteiger partial charge in [-0.15, -0.1) is 11.8 Å². The Morgan fingerprint density at radius 1 is 1.23 bits per heavy atom. The Morgan fingerprint density at radius 3 is 2.59 bits per heavy atom. The molecule has 2 aromatic rings. The van der Waals surface area contributed by atoms with Gasteiger partial charge in [-0.3, -0.25) is 4.79 Å². The molecule has 0 fully saturated rings. The molecular weight excluding hydrogens is 301 g/mol. The Hall–Kier alpha value is -2.01. The lowest BCUT2D eigenvalue weighted by atomic mass is 10.2. The molecule has 2 aromatic carbocycles. The van der Waals surface area contributed by atoms with Crippen molar-refractivity contribution in [2.75, 3.05) is 18.2 Å². The Kier molecular flexibility index (Phi) is 5.83. The lowest BCUT2D eigenvalue weighted by Crippen LogP contribution is -2.13. The van der Waals surface area contributed by atoms with Crippen LogP contribution in [0.25, 0.3) is 0 Å². The number of hydrogen-bond acceptors (Lipinski definition) is 3. The first kappa shape index (κ1) is 16.4. The molecule has 0 aromatic heterocycles. The van der Waals surface area contributed by atoms with Crippen LogP contribution in [0.5, 0.6) is 5.75 Å². The van der Waals surface area contributed by atoms with Crippen molar-refractivity contribution in [2.45, 2.75) is 18.2 Å². The van der Waals surface area contributed by atoms with Crippen molar-refractivity contribution in [3.8, 4) is 5.75 Å². The number of hydrogen-bond donors (Lipinski definition) is 1. The Balaban J connectivity index is 1.79. The Bertz CT molecular complexity index is 644. The molecule has 0 aliphatic rings. The maximum absolute atomic E-state index is 13.0. The van der Waals surface area contributed by atoms with Gasteiger partial charge in [-0.25, -0.2) is 4.39 Å². The second-order valence-corrected chi connectivity index (χ2v) is 5.95. The van der Waals surface area contributed by atoms with E-state index in [0.29, 0.717) is 17.9 Å². The van der Waals surface area contributed by atoms with Gasteiger partial charge in [-0.05, 0) is 55.0 Å². The summed E-state index contributed by atoms with van der Waals surface area (Å²) in [7, 11) is 1.63. The van der Waals surface area contributed by atoms with Gasteiger partial charge in [0.15, 0.2) is 0 Å². The summed E-state index contributed by atoms with van der Waals surface area (Å²) in [5, 5.41) is 2.80. The highest BCUT2D eigenvalue weighted by molar-refractivity contribution is 7.99. The van der Waals surface area contributed by atoms with Crippen molar-refractivity contribution in [1.82, 2.24) is 0 Å². The van der Waals surface area contributed by atoms with E-state index in [2.05, 4.69) is 5.32 Å². The zero-order valence-corrected chi connectivity index (χ0v) is 13.4. The highest BCUT2D eigenvalue weighted by atomic mass is 32.2. The molecule has 1 amide bonds.